The number of hydrogen-bond donors (Lipinski definition) is 1. The van der Waals surface area contributed by atoms with Crippen LogP contribution in [0.3, 0.4) is 0 Å². The van der Waals surface area contributed by atoms with Crippen molar-refractivity contribution < 1.29 is 9.53 Å². The van der Waals surface area contributed by atoms with Crippen molar-refractivity contribution in [2.75, 3.05) is 31.6 Å². The van der Waals surface area contributed by atoms with Gasteiger partial charge in [0.15, 0.2) is 0 Å². The lowest BCUT2D eigenvalue weighted by Gasteiger charge is -2.35. The van der Waals surface area contributed by atoms with Gasteiger partial charge in [-0.25, -0.2) is 14.8 Å². The molecule has 0 saturated carbocycles. The largest absolute Gasteiger partial charge is 0.463 e. The quantitative estimate of drug-likeness (QED) is 0.830. The van der Waals surface area contributed by atoms with Gasteiger partial charge in [-0.1, -0.05) is 6.92 Å². The highest BCUT2D eigenvalue weighted by atomic mass is 16.5. The first-order valence-corrected chi connectivity index (χ1v) is 7.57. The van der Waals surface area contributed by atoms with Crippen LogP contribution in [0, 0.1) is 6.92 Å². The van der Waals surface area contributed by atoms with Crippen molar-refractivity contribution in [2.24, 2.45) is 0 Å². The average molecular weight is 292 g/mol. The SMILES string of the molecule is CCCN(c1cc(C)nc(C(=O)OC)n1)C1CCCNC1. The van der Waals surface area contributed by atoms with Gasteiger partial charge in [-0.05, 0) is 32.7 Å². The lowest BCUT2D eigenvalue weighted by atomic mass is 10.1. The lowest BCUT2D eigenvalue weighted by Crippen LogP contribution is -2.47. The van der Waals surface area contributed by atoms with E-state index in [2.05, 4.69) is 27.1 Å². The van der Waals surface area contributed by atoms with Crippen molar-refractivity contribution >= 4 is 11.8 Å². The number of esters is 1. The topological polar surface area (TPSA) is 67.4 Å². The number of methoxy groups -OCH3 is 1. The van der Waals surface area contributed by atoms with Gasteiger partial charge in [0.25, 0.3) is 0 Å². The molecule has 2 heterocycles. The summed E-state index contributed by atoms with van der Waals surface area (Å²) < 4.78 is 4.74. The van der Waals surface area contributed by atoms with E-state index in [-0.39, 0.29) is 5.82 Å². The molecule has 6 heteroatoms. The fraction of sp³-hybridized carbons (Fsp3) is 0.667. The van der Waals surface area contributed by atoms with Crippen molar-refractivity contribution in [3.05, 3.63) is 17.6 Å². The Morgan fingerprint density at radius 2 is 2.33 bits per heavy atom. The first-order chi connectivity index (χ1) is 10.2. The first kappa shape index (κ1) is 15.7. The van der Waals surface area contributed by atoms with Crippen LogP contribution in [0.1, 0.15) is 42.5 Å². The molecule has 1 aliphatic rings. The van der Waals surface area contributed by atoms with Crippen molar-refractivity contribution in [3.8, 4) is 0 Å². The summed E-state index contributed by atoms with van der Waals surface area (Å²) in [6.45, 7) is 6.98. The minimum atomic E-state index is -0.488. The zero-order chi connectivity index (χ0) is 15.2. The summed E-state index contributed by atoms with van der Waals surface area (Å²) in [5.74, 6) is 0.467. The van der Waals surface area contributed by atoms with Crippen LogP contribution in [0.15, 0.2) is 6.07 Å². The maximum atomic E-state index is 11.7. The third-order valence-electron chi connectivity index (χ3n) is 3.68. The molecule has 1 aromatic rings. The summed E-state index contributed by atoms with van der Waals surface area (Å²) >= 11 is 0. The van der Waals surface area contributed by atoms with Crippen LogP contribution in [0.25, 0.3) is 0 Å². The highest BCUT2D eigenvalue weighted by molar-refractivity contribution is 5.85. The second kappa shape index (κ2) is 7.36. The summed E-state index contributed by atoms with van der Waals surface area (Å²) in [5.41, 5.74) is 0.783. The predicted octanol–water partition coefficient (Wildman–Crippen LogP) is 1.54. The van der Waals surface area contributed by atoms with Crippen LogP contribution in [0.5, 0.6) is 0 Å². The van der Waals surface area contributed by atoms with Gasteiger partial charge in [-0.2, -0.15) is 0 Å². The van der Waals surface area contributed by atoms with Gasteiger partial charge in [0, 0.05) is 30.9 Å². The standard InChI is InChI=1S/C15H24N4O2/c1-4-8-19(12-6-5-7-16-10-12)13-9-11(2)17-14(18-13)15(20)21-3/h9,12,16H,4-8,10H2,1-3H3. The number of aryl methyl sites for hydroxylation is 1. The number of aromatic nitrogens is 2. The molecule has 1 atom stereocenters. The molecule has 0 amide bonds. The lowest BCUT2D eigenvalue weighted by molar-refractivity contribution is 0.0586. The number of ether oxygens (including phenoxy) is 1. The fourth-order valence-corrected chi connectivity index (χ4v) is 2.71. The summed E-state index contributed by atoms with van der Waals surface area (Å²) in [4.78, 5) is 22.6. The molecular formula is C15H24N4O2. The van der Waals surface area contributed by atoms with Gasteiger partial charge in [0.2, 0.25) is 5.82 Å². The molecule has 1 saturated heterocycles. The number of carbonyl (C=O) groups is 1. The maximum absolute atomic E-state index is 11.7. The summed E-state index contributed by atoms with van der Waals surface area (Å²) in [6, 6.07) is 2.36. The maximum Gasteiger partial charge on any atom is 0.376 e. The Hall–Kier alpha value is -1.69. The first-order valence-electron chi connectivity index (χ1n) is 7.57. The Morgan fingerprint density at radius 1 is 1.52 bits per heavy atom. The molecular weight excluding hydrogens is 268 g/mol. The van der Waals surface area contributed by atoms with Crippen molar-refractivity contribution in [3.63, 3.8) is 0 Å². The molecule has 0 radical (unpaired) electrons. The fourth-order valence-electron chi connectivity index (χ4n) is 2.71. The molecule has 1 unspecified atom stereocenters. The average Bonchev–Trinajstić information content (AvgIpc) is 2.52. The van der Waals surface area contributed by atoms with Crippen LogP contribution in [0.4, 0.5) is 5.82 Å². The van der Waals surface area contributed by atoms with E-state index in [1.54, 1.807) is 0 Å². The Morgan fingerprint density at radius 3 is 2.95 bits per heavy atom. The van der Waals surface area contributed by atoms with Gasteiger partial charge in [-0.15, -0.1) is 0 Å². The monoisotopic (exact) mass is 292 g/mol. The molecule has 0 aromatic carbocycles. The van der Waals surface area contributed by atoms with Gasteiger partial charge in [0.05, 0.1) is 7.11 Å². The zero-order valence-corrected chi connectivity index (χ0v) is 13.1. The second-order valence-electron chi connectivity index (χ2n) is 5.38. The van der Waals surface area contributed by atoms with E-state index in [1.165, 1.54) is 13.5 Å². The molecule has 21 heavy (non-hydrogen) atoms. The van der Waals surface area contributed by atoms with Gasteiger partial charge in [-0.3, -0.25) is 0 Å². The van der Waals surface area contributed by atoms with Crippen LogP contribution in [0.2, 0.25) is 0 Å². The Bertz CT molecular complexity index is 487. The van der Waals surface area contributed by atoms with E-state index in [9.17, 15) is 4.79 Å². The van der Waals surface area contributed by atoms with Crippen molar-refractivity contribution in [1.82, 2.24) is 15.3 Å². The molecule has 2 rings (SSSR count). The van der Waals surface area contributed by atoms with Crippen LogP contribution in [-0.2, 0) is 4.74 Å². The number of rotatable bonds is 5. The highest BCUT2D eigenvalue weighted by Gasteiger charge is 2.23. The minimum Gasteiger partial charge on any atom is -0.463 e. The van der Waals surface area contributed by atoms with E-state index in [1.807, 2.05) is 13.0 Å². The van der Waals surface area contributed by atoms with Gasteiger partial charge < -0.3 is 15.0 Å². The van der Waals surface area contributed by atoms with E-state index < -0.39 is 5.97 Å². The Balaban J connectivity index is 2.30. The number of nitrogens with zero attached hydrogens (tertiary/aromatic N) is 3. The molecule has 6 nitrogen and oxygen atoms in total. The van der Waals surface area contributed by atoms with Crippen LogP contribution >= 0.6 is 0 Å². The zero-order valence-electron chi connectivity index (χ0n) is 13.1. The van der Waals surface area contributed by atoms with E-state index in [4.69, 9.17) is 4.74 Å². The third kappa shape index (κ3) is 3.91. The number of nitrogens with one attached hydrogen (secondary N) is 1. The minimum absolute atomic E-state index is 0.136. The van der Waals surface area contributed by atoms with E-state index >= 15 is 0 Å². The number of hydrogen-bond acceptors (Lipinski definition) is 6. The van der Waals surface area contributed by atoms with E-state index in [0.29, 0.717) is 6.04 Å². The predicted molar refractivity (Wildman–Crippen MR) is 81.6 cm³/mol. The number of piperidine rings is 1. The van der Waals surface area contributed by atoms with Crippen molar-refractivity contribution in [1.29, 1.82) is 0 Å². The summed E-state index contributed by atoms with van der Waals surface area (Å²) in [7, 11) is 1.35. The smallest absolute Gasteiger partial charge is 0.376 e. The van der Waals surface area contributed by atoms with Crippen LogP contribution in [-0.4, -0.2) is 48.7 Å². The Kier molecular flexibility index (Phi) is 5.50. The highest BCUT2D eigenvalue weighted by Crippen LogP contribution is 2.20. The molecule has 0 spiro atoms. The second-order valence-corrected chi connectivity index (χ2v) is 5.38. The molecule has 1 aliphatic heterocycles. The molecule has 1 N–H and O–H groups in total. The Labute approximate surface area is 125 Å². The summed E-state index contributed by atoms with van der Waals surface area (Å²) in [6.07, 6.45) is 3.34. The third-order valence-corrected chi connectivity index (χ3v) is 3.68. The normalized spacial score (nSPS) is 18.3. The molecule has 1 aromatic heterocycles. The van der Waals surface area contributed by atoms with E-state index in [0.717, 1.165) is 44.0 Å². The number of carbonyl (C=O) groups excluding carboxylic acids is 1. The molecule has 1 fully saturated rings. The number of anilines is 1. The molecule has 0 bridgehead atoms. The summed E-state index contributed by atoms with van der Waals surface area (Å²) in [5, 5.41) is 3.43. The van der Waals surface area contributed by atoms with Gasteiger partial charge in [0.1, 0.15) is 5.82 Å². The van der Waals surface area contributed by atoms with Crippen molar-refractivity contribution in [2.45, 2.75) is 39.2 Å². The van der Waals surface area contributed by atoms with Gasteiger partial charge >= 0.3 is 5.97 Å². The molecule has 116 valence electrons. The van der Waals surface area contributed by atoms with Crippen LogP contribution < -0.4 is 10.2 Å². The molecule has 0 aliphatic carbocycles.